The second-order valence-electron chi connectivity index (χ2n) is 5.37. The van der Waals surface area contributed by atoms with Crippen molar-refractivity contribution in [1.82, 2.24) is 24.6 Å². The van der Waals surface area contributed by atoms with Crippen molar-refractivity contribution in [2.75, 3.05) is 13.6 Å². The van der Waals surface area contributed by atoms with Crippen LogP contribution < -0.4 is 5.32 Å². The van der Waals surface area contributed by atoms with Crippen molar-refractivity contribution in [1.29, 1.82) is 0 Å². The molecule has 0 bridgehead atoms. The van der Waals surface area contributed by atoms with Crippen LogP contribution in [0.3, 0.4) is 0 Å². The van der Waals surface area contributed by atoms with Gasteiger partial charge in [-0.3, -0.25) is 4.79 Å². The lowest BCUT2D eigenvalue weighted by molar-refractivity contribution is -0.122. The number of rotatable bonds is 4. The van der Waals surface area contributed by atoms with E-state index in [4.69, 9.17) is 0 Å². The van der Waals surface area contributed by atoms with Crippen molar-refractivity contribution < 1.29 is 13.2 Å². The van der Waals surface area contributed by atoms with Crippen LogP contribution in [0.25, 0.3) is 0 Å². The first-order chi connectivity index (χ1) is 8.95. The molecule has 0 spiro atoms. The van der Waals surface area contributed by atoms with Gasteiger partial charge in [0.05, 0.1) is 6.54 Å². The van der Waals surface area contributed by atoms with E-state index in [0.29, 0.717) is 0 Å². The summed E-state index contributed by atoms with van der Waals surface area (Å²) in [5.41, 5.74) is -0.420. The fourth-order valence-electron chi connectivity index (χ4n) is 1.49. The third-order valence-electron chi connectivity index (χ3n) is 2.27. The van der Waals surface area contributed by atoms with E-state index in [2.05, 4.69) is 31.6 Å². The van der Waals surface area contributed by atoms with Crippen LogP contribution in [0.2, 0.25) is 0 Å². The topological polar surface area (TPSA) is 97.2 Å². The Balaban J connectivity index is 2.92. The van der Waals surface area contributed by atoms with Gasteiger partial charge in [0.15, 0.2) is 4.60 Å². The number of amides is 1. The highest BCUT2D eigenvalue weighted by atomic mass is 79.9. The molecule has 1 aromatic heterocycles. The first-order valence-electron chi connectivity index (χ1n) is 5.77. The van der Waals surface area contributed by atoms with Crippen molar-refractivity contribution in [2.24, 2.45) is 7.05 Å². The predicted octanol–water partition coefficient (Wildman–Crippen LogP) is 0.113. The lowest BCUT2D eigenvalue weighted by Crippen LogP contribution is -2.46. The van der Waals surface area contributed by atoms with E-state index >= 15 is 0 Å². The van der Waals surface area contributed by atoms with Gasteiger partial charge in [-0.1, -0.05) is 5.21 Å². The Kier molecular flexibility index (Phi) is 4.93. The number of nitrogens with one attached hydrogen (secondary N) is 1. The van der Waals surface area contributed by atoms with Crippen LogP contribution in [-0.4, -0.2) is 52.8 Å². The van der Waals surface area contributed by atoms with Crippen molar-refractivity contribution in [3.8, 4) is 0 Å². The van der Waals surface area contributed by atoms with Gasteiger partial charge in [-0.05, 0) is 36.7 Å². The van der Waals surface area contributed by atoms with Gasteiger partial charge in [-0.2, -0.15) is 4.31 Å². The molecule has 0 aliphatic carbocycles. The molecule has 1 N–H and O–H groups in total. The fraction of sp³-hybridized carbons (Fsp3) is 0.700. The normalized spacial score (nSPS) is 12.8. The Bertz CT molecular complexity index is 585. The Morgan fingerprint density at radius 1 is 1.45 bits per heavy atom. The van der Waals surface area contributed by atoms with Crippen molar-refractivity contribution >= 4 is 31.9 Å². The number of nitrogens with zero attached hydrogens (tertiary/aromatic N) is 4. The molecule has 0 aliphatic heterocycles. The predicted molar refractivity (Wildman–Crippen MR) is 76.4 cm³/mol. The van der Waals surface area contributed by atoms with Gasteiger partial charge >= 0.3 is 0 Å². The van der Waals surface area contributed by atoms with Crippen LogP contribution in [0.1, 0.15) is 20.8 Å². The third kappa shape index (κ3) is 4.00. The smallest absolute Gasteiger partial charge is 0.263 e. The second kappa shape index (κ2) is 5.78. The summed E-state index contributed by atoms with van der Waals surface area (Å²) in [7, 11) is -1.05. The van der Waals surface area contributed by atoms with E-state index in [1.807, 2.05) is 20.8 Å². The summed E-state index contributed by atoms with van der Waals surface area (Å²) in [6.07, 6.45) is 0. The second-order valence-corrected chi connectivity index (χ2v) is 8.08. The standard InChI is InChI=1S/C10H18BrN5O3S/c1-10(2,3)12-7(17)6-15(4)20(18,19)9-8(11)13-14-16(9)5/h6H2,1-5H3,(H,12,17). The van der Waals surface area contributed by atoms with Gasteiger partial charge in [-0.15, -0.1) is 5.10 Å². The van der Waals surface area contributed by atoms with Crippen LogP contribution in [0.4, 0.5) is 0 Å². The molecule has 1 aromatic rings. The molecule has 0 saturated heterocycles. The average Bonchev–Trinajstić information content (AvgIpc) is 2.55. The zero-order valence-electron chi connectivity index (χ0n) is 12.0. The third-order valence-corrected chi connectivity index (χ3v) is 4.97. The van der Waals surface area contributed by atoms with Gasteiger partial charge < -0.3 is 5.32 Å². The fourth-order valence-corrected chi connectivity index (χ4v) is 3.64. The van der Waals surface area contributed by atoms with E-state index in [-0.39, 0.29) is 22.1 Å². The van der Waals surface area contributed by atoms with E-state index in [9.17, 15) is 13.2 Å². The number of hydrogen-bond donors (Lipinski definition) is 1. The Hall–Kier alpha value is -1.00. The van der Waals surface area contributed by atoms with E-state index in [1.165, 1.54) is 14.1 Å². The molecule has 0 unspecified atom stereocenters. The highest BCUT2D eigenvalue weighted by molar-refractivity contribution is 9.10. The van der Waals surface area contributed by atoms with Crippen molar-refractivity contribution in [3.63, 3.8) is 0 Å². The lowest BCUT2D eigenvalue weighted by Gasteiger charge is -2.23. The van der Waals surface area contributed by atoms with E-state index in [1.54, 1.807) is 0 Å². The highest BCUT2D eigenvalue weighted by Gasteiger charge is 2.30. The Morgan fingerprint density at radius 2 is 2.00 bits per heavy atom. The number of aryl methyl sites for hydroxylation is 1. The van der Waals surface area contributed by atoms with E-state index in [0.717, 1.165) is 8.99 Å². The van der Waals surface area contributed by atoms with Gasteiger partial charge in [0.2, 0.25) is 10.9 Å². The number of carbonyl (C=O) groups excluding carboxylic acids is 1. The van der Waals surface area contributed by atoms with Gasteiger partial charge in [0, 0.05) is 19.6 Å². The molecular weight excluding hydrogens is 350 g/mol. The maximum absolute atomic E-state index is 12.4. The quantitative estimate of drug-likeness (QED) is 0.814. The minimum atomic E-state index is -3.84. The summed E-state index contributed by atoms with van der Waals surface area (Å²) in [5.74, 6) is -0.380. The number of sulfonamides is 1. The van der Waals surface area contributed by atoms with Gasteiger partial charge in [0.25, 0.3) is 10.0 Å². The summed E-state index contributed by atoms with van der Waals surface area (Å²) in [6.45, 7) is 5.18. The van der Waals surface area contributed by atoms with Crippen molar-refractivity contribution in [3.05, 3.63) is 4.60 Å². The van der Waals surface area contributed by atoms with Crippen LogP contribution in [0, 0.1) is 0 Å². The molecule has 1 amide bonds. The van der Waals surface area contributed by atoms with Gasteiger partial charge in [-0.25, -0.2) is 13.1 Å². The van der Waals surface area contributed by atoms with Crippen LogP contribution in [-0.2, 0) is 21.9 Å². The van der Waals surface area contributed by atoms with Crippen LogP contribution >= 0.6 is 15.9 Å². The summed E-state index contributed by atoms with van der Waals surface area (Å²) >= 11 is 3.04. The Morgan fingerprint density at radius 3 is 2.40 bits per heavy atom. The molecule has 20 heavy (non-hydrogen) atoms. The van der Waals surface area contributed by atoms with Crippen molar-refractivity contribution in [2.45, 2.75) is 31.3 Å². The molecule has 10 heteroatoms. The summed E-state index contributed by atoms with van der Waals surface area (Å²) in [6, 6.07) is 0. The maximum Gasteiger partial charge on any atom is 0.263 e. The van der Waals surface area contributed by atoms with Crippen LogP contribution in [0.15, 0.2) is 9.63 Å². The minimum Gasteiger partial charge on any atom is -0.350 e. The monoisotopic (exact) mass is 367 g/mol. The first kappa shape index (κ1) is 17.1. The molecular formula is C10H18BrN5O3S. The molecule has 0 radical (unpaired) electrons. The SMILES string of the molecule is CN(CC(=O)NC(C)(C)C)S(=O)(=O)c1c(Br)nnn1C. The number of aromatic nitrogens is 3. The number of halogens is 1. The average molecular weight is 368 g/mol. The summed E-state index contributed by atoms with van der Waals surface area (Å²) in [4.78, 5) is 11.8. The maximum atomic E-state index is 12.4. The molecule has 0 saturated carbocycles. The number of carbonyl (C=O) groups is 1. The lowest BCUT2D eigenvalue weighted by atomic mass is 10.1. The molecule has 0 fully saturated rings. The molecule has 1 heterocycles. The van der Waals surface area contributed by atoms with Crippen LogP contribution in [0.5, 0.6) is 0 Å². The number of likely N-dealkylation sites (N-methyl/N-ethyl adjacent to an activating group) is 1. The molecule has 8 nitrogen and oxygen atoms in total. The molecule has 0 aliphatic rings. The first-order valence-corrected chi connectivity index (χ1v) is 8.01. The molecule has 1 rings (SSSR count). The highest BCUT2D eigenvalue weighted by Crippen LogP contribution is 2.20. The minimum absolute atomic E-state index is 0.0939. The largest absolute Gasteiger partial charge is 0.350 e. The molecule has 114 valence electrons. The Labute approximate surface area is 126 Å². The molecule has 0 aromatic carbocycles. The van der Waals surface area contributed by atoms with E-state index < -0.39 is 15.6 Å². The van der Waals surface area contributed by atoms with Gasteiger partial charge in [0.1, 0.15) is 0 Å². The summed E-state index contributed by atoms with van der Waals surface area (Å²) in [5, 5.41) is 9.85. The summed E-state index contributed by atoms with van der Waals surface area (Å²) < 4.78 is 26.9. The zero-order valence-corrected chi connectivity index (χ0v) is 14.4. The number of hydrogen-bond acceptors (Lipinski definition) is 5. The zero-order chi connectivity index (χ0) is 15.7. The molecule has 0 atom stereocenters.